The molecule has 1 aromatic carbocycles. The summed E-state index contributed by atoms with van der Waals surface area (Å²) in [5.74, 6) is -0.723. The number of dihydropyridines is 1. The molecule has 2 heterocycles. The van der Waals surface area contributed by atoms with Gasteiger partial charge < -0.3 is 14.8 Å². The fourth-order valence-electron chi connectivity index (χ4n) is 4.75. The number of hydrogen-bond acceptors (Lipinski definition) is 5. The van der Waals surface area contributed by atoms with Gasteiger partial charge in [-0.1, -0.05) is 41.9 Å². The van der Waals surface area contributed by atoms with Crippen molar-refractivity contribution in [3.05, 3.63) is 56.8 Å². The Morgan fingerprint density at radius 2 is 2.13 bits per heavy atom. The Kier molecular flexibility index (Phi) is 5.90. The molecular weight excluding hydrogens is 446 g/mol. The number of benzene rings is 1. The smallest absolute Gasteiger partial charge is 0.336 e. The molecule has 5 nitrogen and oxygen atoms in total. The van der Waals surface area contributed by atoms with Crippen LogP contribution in [0.4, 0.5) is 0 Å². The minimum Gasteiger partial charge on any atom is -0.459 e. The number of carbonyl (C=O) groups excluding carboxylic acids is 2. The van der Waals surface area contributed by atoms with Crippen molar-refractivity contribution in [2.24, 2.45) is 5.41 Å². The van der Waals surface area contributed by atoms with Crippen LogP contribution in [0.5, 0.6) is 0 Å². The number of rotatable bonds is 4. The van der Waals surface area contributed by atoms with Crippen molar-refractivity contribution >= 4 is 27.7 Å². The highest BCUT2D eigenvalue weighted by molar-refractivity contribution is 9.10. The average molecular weight is 474 g/mol. The fraction of sp³-hybridized carbons (Fsp3) is 0.500. The summed E-state index contributed by atoms with van der Waals surface area (Å²) in [7, 11) is 0. The van der Waals surface area contributed by atoms with Gasteiger partial charge in [0.1, 0.15) is 6.61 Å². The molecule has 160 valence electrons. The van der Waals surface area contributed by atoms with Gasteiger partial charge in [0, 0.05) is 40.4 Å². The summed E-state index contributed by atoms with van der Waals surface area (Å²) < 4.78 is 12.2. The van der Waals surface area contributed by atoms with Gasteiger partial charge in [0.2, 0.25) is 0 Å². The summed E-state index contributed by atoms with van der Waals surface area (Å²) in [5.41, 5.74) is 3.69. The van der Waals surface area contributed by atoms with Crippen molar-refractivity contribution in [1.82, 2.24) is 5.32 Å². The SMILES string of the molecule is CC1=C(C(=O)OC[C@H]2CCCO2)[C@H](c2cccc(Br)c2)C2=C(CC(C)(C)CC2=O)N1. The van der Waals surface area contributed by atoms with Crippen LogP contribution in [0.25, 0.3) is 0 Å². The van der Waals surface area contributed by atoms with Crippen molar-refractivity contribution < 1.29 is 19.1 Å². The molecule has 0 bridgehead atoms. The lowest BCUT2D eigenvalue weighted by Crippen LogP contribution is -2.39. The predicted octanol–water partition coefficient (Wildman–Crippen LogP) is 4.78. The molecule has 1 aliphatic carbocycles. The van der Waals surface area contributed by atoms with Crippen molar-refractivity contribution in [2.45, 2.75) is 58.5 Å². The van der Waals surface area contributed by atoms with E-state index in [0.29, 0.717) is 24.2 Å². The van der Waals surface area contributed by atoms with Crippen molar-refractivity contribution in [3.63, 3.8) is 0 Å². The van der Waals surface area contributed by atoms with E-state index in [1.165, 1.54) is 0 Å². The third kappa shape index (κ3) is 4.26. The molecular formula is C24H28BrNO4. The maximum atomic E-state index is 13.3. The van der Waals surface area contributed by atoms with Gasteiger partial charge in [0.05, 0.1) is 11.7 Å². The first kappa shape index (κ1) is 21.3. The standard InChI is InChI=1S/C24H28BrNO4/c1-14-20(23(28)30-13-17-8-5-9-29-17)21(15-6-4-7-16(25)10-15)22-18(26-14)11-24(2,3)12-19(22)27/h4,6-7,10,17,21,26H,5,8-9,11-13H2,1-3H3/t17-,21+/m1/s1. The number of ketones is 1. The molecule has 0 radical (unpaired) electrons. The Morgan fingerprint density at radius 1 is 1.33 bits per heavy atom. The van der Waals surface area contributed by atoms with Crippen LogP contribution in [0, 0.1) is 5.41 Å². The van der Waals surface area contributed by atoms with E-state index >= 15 is 0 Å². The number of carbonyl (C=O) groups is 2. The predicted molar refractivity (Wildman–Crippen MR) is 118 cm³/mol. The van der Waals surface area contributed by atoms with E-state index in [9.17, 15) is 9.59 Å². The number of nitrogens with one attached hydrogen (secondary N) is 1. The number of esters is 1. The van der Waals surface area contributed by atoms with Crippen molar-refractivity contribution in [2.75, 3.05) is 13.2 Å². The topological polar surface area (TPSA) is 64.6 Å². The Morgan fingerprint density at radius 3 is 2.83 bits per heavy atom. The Bertz CT molecular complexity index is 940. The van der Waals surface area contributed by atoms with Crippen LogP contribution < -0.4 is 5.32 Å². The number of halogens is 1. The minimum absolute atomic E-state index is 0.0392. The maximum Gasteiger partial charge on any atom is 0.336 e. The molecule has 6 heteroatoms. The fourth-order valence-corrected chi connectivity index (χ4v) is 5.17. The molecule has 0 unspecified atom stereocenters. The number of hydrogen-bond donors (Lipinski definition) is 1. The lowest BCUT2D eigenvalue weighted by atomic mass is 9.68. The molecule has 30 heavy (non-hydrogen) atoms. The van der Waals surface area contributed by atoms with E-state index in [1.54, 1.807) is 0 Å². The van der Waals surface area contributed by atoms with Crippen LogP contribution in [0.3, 0.4) is 0 Å². The van der Waals surface area contributed by atoms with Gasteiger partial charge in [-0.3, -0.25) is 4.79 Å². The van der Waals surface area contributed by atoms with Crippen LogP contribution in [0.15, 0.2) is 51.3 Å². The Hall–Kier alpha value is -1.92. The highest BCUT2D eigenvalue weighted by atomic mass is 79.9. The molecule has 0 amide bonds. The van der Waals surface area contributed by atoms with Crippen LogP contribution in [-0.4, -0.2) is 31.1 Å². The largest absolute Gasteiger partial charge is 0.459 e. The zero-order valence-corrected chi connectivity index (χ0v) is 19.3. The van der Waals surface area contributed by atoms with Gasteiger partial charge in [-0.25, -0.2) is 4.79 Å². The molecule has 3 aliphatic rings. The van der Waals surface area contributed by atoms with E-state index in [1.807, 2.05) is 31.2 Å². The second-order valence-corrected chi connectivity index (χ2v) is 10.1. The van der Waals surface area contributed by atoms with Gasteiger partial charge in [-0.05, 0) is 49.3 Å². The first-order valence-corrected chi connectivity index (χ1v) is 11.3. The third-order valence-electron chi connectivity index (χ3n) is 6.07. The van der Waals surface area contributed by atoms with E-state index in [2.05, 4.69) is 35.1 Å². The number of Topliss-reactive ketones (excluding diaryl/α,β-unsaturated/α-hetero) is 1. The average Bonchev–Trinajstić information content (AvgIpc) is 3.17. The summed E-state index contributed by atoms with van der Waals surface area (Å²) in [4.78, 5) is 26.5. The molecule has 1 fully saturated rings. The first-order chi connectivity index (χ1) is 14.2. The molecule has 1 aromatic rings. The third-order valence-corrected chi connectivity index (χ3v) is 6.56. The minimum atomic E-state index is -0.431. The zero-order valence-electron chi connectivity index (χ0n) is 17.7. The van der Waals surface area contributed by atoms with Crippen LogP contribution in [-0.2, 0) is 19.1 Å². The monoisotopic (exact) mass is 473 g/mol. The van der Waals surface area contributed by atoms with E-state index in [0.717, 1.165) is 40.7 Å². The normalized spacial score (nSPS) is 25.8. The van der Waals surface area contributed by atoms with Gasteiger partial charge in [0.15, 0.2) is 5.78 Å². The molecule has 0 aromatic heterocycles. The summed E-state index contributed by atoms with van der Waals surface area (Å²) in [6.45, 7) is 7.06. The molecule has 4 rings (SSSR count). The Labute approximate surface area is 186 Å². The zero-order chi connectivity index (χ0) is 21.5. The molecule has 2 atom stereocenters. The van der Waals surface area contributed by atoms with Gasteiger partial charge in [-0.2, -0.15) is 0 Å². The quantitative estimate of drug-likeness (QED) is 0.637. The lowest BCUT2D eigenvalue weighted by molar-refractivity contribution is -0.142. The van der Waals surface area contributed by atoms with Crippen LogP contribution >= 0.6 is 15.9 Å². The van der Waals surface area contributed by atoms with Gasteiger partial charge in [-0.15, -0.1) is 0 Å². The van der Waals surface area contributed by atoms with Crippen LogP contribution in [0.1, 0.15) is 57.9 Å². The molecule has 0 saturated carbocycles. The molecule has 1 saturated heterocycles. The molecule has 0 spiro atoms. The lowest BCUT2D eigenvalue weighted by Gasteiger charge is -2.39. The van der Waals surface area contributed by atoms with E-state index < -0.39 is 5.92 Å². The van der Waals surface area contributed by atoms with Gasteiger partial charge in [0.25, 0.3) is 0 Å². The van der Waals surface area contributed by atoms with Crippen LogP contribution in [0.2, 0.25) is 0 Å². The second-order valence-electron chi connectivity index (χ2n) is 9.22. The first-order valence-electron chi connectivity index (χ1n) is 10.5. The summed E-state index contributed by atoms with van der Waals surface area (Å²) in [5, 5.41) is 3.37. The van der Waals surface area contributed by atoms with E-state index in [4.69, 9.17) is 9.47 Å². The second kappa shape index (κ2) is 8.31. The maximum absolute atomic E-state index is 13.3. The van der Waals surface area contributed by atoms with Crippen molar-refractivity contribution in [3.8, 4) is 0 Å². The molecule has 1 N–H and O–H groups in total. The van der Waals surface area contributed by atoms with E-state index in [-0.39, 0.29) is 29.9 Å². The highest BCUT2D eigenvalue weighted by Gasteiger charge is 2.43. The number of ether oxygens (including phenoxy) is 2. The summed E-state index contributed by atoms with van der Waals surface area (Å²) >= 11 is 3.53. The number of allylic oxidation sites excluding steroid dienone is 3. The molecule has 2 aliphatic heterocycles. The Balaban J connectivity index is 1.72. The van der Waals surface area contributed by atoms with Gasteiger partial charge >= 0.3 is 5.97 Å². The summed E-state index contributed by atoms with van der Waals surface area (Å²) in [6.07, 6.45) is 3.10. The van der Waals surface area contributed by atoms with Crippen molar-refractivity contribution in [1.29, 1.82) is 0 Å². The highest BCUT2D eigenvalue weighted by Crippen LogP contribution is 2.47. The summed E-state index contributed by atoms with van der Waals surface area (Å²) in [6, 6.07) is 7.83.